The van der Waals surface area contributed by atoms with E-state index in [1.165, 1.54) is 51.6 Å². The third kappa shape index (κ3) is 3.47. The highest BCUT2D eigenvalue weighted by Crippen LogP contribution is 2.25. The number of nitrogens with one attached hydrogen (secondary N) is 1. The van der Waals surface area contributed by atoms with Crippen LogP contribution < -0.4 is 5.32 Å². The fourth-order valence-corrected chi connectivity index (χ4v) is 3.09. The van der Waals surface area contributed by atoms with Crippen molar-refractivity contribution < 1.29 is 0 Å². The molecule has 3 heteroatoms. The fraction of sp³-hybridized carbons (Fsp3) is 0.923. The van der Waals surface area contributed by atoms with Crippen LogP contribution in [0.25, 0.3) is 0 Å². The summed E-state index contributed by atoms with van der Waals surface area (Å²) in [6.07, 6.45) is 8.42. The van der Waals surface area contributed by atoms with E-state index in [4.69, 9.17) is 5.26 Å². The third-order valence-electron chi connectivity index (χ3n) is 3.98. The molecular weight excluding hydrogens is 198 g/mol. The van der Waals surface area contributed by atoms with E-state index in [9.17, 15) is 0 Å². The molecule has 1 saturated carbocycles. The van der Waals surface area contributed by atoms with Crippen LogP contribution in [0.1, 0.15) is 38.5 Å². The van der Waals surface area contributed by atoms with Crippen LogP contribution >= 0.6 is 0 Å². The van der Waals surface area contributed by atoms with Gasteiger partial charge in [0.15, 0.2) is 0 Å². The molecule has 1 heterocycles. The summed E-state index contributed by atoms with van der Waals surface area (Å²) in [4.78, 5) is 2.59. The third-order valence-corrected chi connectivity index (χ3v) is 3.98. The highest BCUT2D eigenvalue weighted by molar-refractivity contribution is 4.86. The molecule has 0 aromatic heterocycles. The van der Waals surface area contributed by atoms with E-state index in [1.54, 1.807) is 0 Å². The molecule has 0 aromatic rings. The maximum absolute atomic E-state index is 8.53. The summed E-state index contributed by atoms with van der Waals surface area (Å²) in [5.41, 5.74) is 0. The molecule has 16 heavy (non-hydrogen) atoms. The molecule has 1 saturated heterocycles. The molecule has 90 valence electrons. The van der Waals surface area contributed by atoms with Gasteiger partial charge in [0.1, 0.15) is 0 Å². The number of likely N-dealkylation sites (tertiary alicyclic amines) is 1. The Morgan fingerprint density at radius 2 is 2.00 bits per heavy atom. The molecule has 0 bridgehead atoms. The van der Waals surface area contributed by atoms with Crippen LogP contribution in [0, 0.1) is 17.2 Å². The van der Waals surface area contributed by atoms with E-state index in [0.717, 1.165) is 12.5 Å². The lowest BCUT2D eigenvalue weighted by atomic mass is 9.89. The average Bonchev–Trinajstić information content (AvgIpc) is 2.75. The lowest BCUT2D eigenvalue weighted by Gasteiger charge is -2.26. The van der Waals surface area contributed by atoms with Gasteiger partial charge < -0.3 is 10.2 Å². The van der Waals surface area contributed by atoms with Crippen molar-refractivity contribution in [2.45, 2.75) is 44.6 Å². The number of hydrogen-bond acceptors (Lipinski definition) is 3. The molecule has 1 aliphatic heterocycles. The Kier molecular flexibility index (Phi) is 4.62. The lowest BCUT2D eigenvalue weighted by Crippen LogP contribution is -2.34. The predicted molar refractivity (Wildman–Crippen MR) is 65.0 cm³/mol. The molecule has 0 radical (unpaired) electrons. The summed E-state index contributed by atoms with van der Waals surface area (Å²) < 4.78 is 0. The van der Waals surface area contributed by atoms with Crippen molar-refractivity contribution in [3.8, 4) is 6.07 Å². The summed E-state index contributed by atoms with van der Waals surface area (Å²) in [7, 11) is 0. The number of nitrogens with zero attached hydrogens (tertiary/aromatic N) is 2. The highest BCUT2D eigenvalue weighted by Gasteiger charge is 2.24. The Bertz CT molecular complexity index is 240. The van der Waals surface area contributed by atoms with Gasteiger partial charge in [-0.3, -0.25) is 0 Å². The van der Waals surface area contributed by atoms with E-state index < -0.39 is 0 Å². The van der Waals surface area contributed by atoms with E-state index in [0.29, 0.717) is 12.6 Å². The number of rotatable bonds is 4. The van der Waals surface area contributed by atoms with Crippen molar-refractivity contribution in [3.05, 3.63) is 0 Å². The molecule has 1 aliphatic carbocycles. The number of nitriles is 1. The molecule has 0 spiro atoms. The minimum Gasteiger partial charge on any atom is -0.301 e. The van der Waals surface area contributed by atoms with Gasteiger partial charge in [-0.1, -0.05) is 19.3 Å². The first-order valence-corrected chi connectivity index (χ1v) is 6.71. The summed E-state index contributed by atoms with van der Waals surface area (Å²) >= 11 is 0. The van der Waals surface area contributed by atoms with Crippen LogP contribution in [0.5, 0.6) is 0 Å². The number of hydrogen-bond donors (Lipinski definition) is 1. The predicted octanol–water partition coefficient (Wildman–Crippen LogP) is 1.75. The Balaban J connectivity index is 1.66. The summed E-state index contributed by atoms with van der Waals surface area (Å²) in [5.74, 6) is 0.948. The summed E-state index contributed by atoms with van der Waals surface area (Å²) in [6, 6.07) is 2.72. The second-order valence-corrected chi connectivity index (χ2v) is 5.29. The van der Waals surface area contributed by atoms with Crippen molar-refractivity contribution in [1.82, 2.24) is 10.2 Å². The second-order valence-electron chi connectivity index (χ2n) is 5.29. The van der Waals surface area contributed by atoms with Gasteiger partial charge in [0.25, 0.3) is 0 Å². The quantitative estimate of drug-likeness (QED) is 0.735. The first-order chi connectivity index (χ1) is 7.88. The van der Waals surface area contributed by atoms with Crippen LogP contribution in [0.2, 0.25) is 0 Å². The SMILES string of the molecule is N#CCNC1CCN(CC2CCCCC2)C1. The lowest BCUT2D eigenvalue weighted by molar-refractivity contribution is 0.230. The van der Waals surface area contributed by atoms with Gasteiger partial charge >= 0.3 is 0 Å². The largest absolute Gasteiger partial charge is 0.301 e. The Morgan fingerprint density at radius 1 is 1.19 bits per heavy atom. The van der Waals surface area contributed by atoms with E-state index in [-0.39, 0.29) is 0 Å². The van der Waals surface area contributed by atoms with Gasteiger partial charge in [0.2, 0.25) is 0 Å². The minimum absolute atomic E-state index is 0.502. The van der Waals surface area contributed by atoms with Gasteiger partial charge in [-0.25, -0.2) is 0 Å². The van der Waals surface area contributed by atoms with Crippen LogP contribution in [0.4, 0.5) is 0 Å². The maximum atomic E-state index is 8.53. The zero-order valence-corrected chi connectivity index (χ0v) is 10.1. The van der Waals surface area contributed by atoms with Crippen molar-refractivity contribution in [3.63, 3.8) is 0 Å². The summed E-state index contributed by atoms with van der Waals surface area (Å²) in [6.45, 7) is 4.17. The zero-order chi connectivity index (χ0) is 11.2. The van der Waals surface area contributed by atoms with Gasteiger partial charge in [0.05, 0.1) is 12.6 Å². The van der Waals surface area contributed by atoms with Gasteiger partial charge in [-0.2, -0.15) is 5.26 Å². The Hall–Kier alpha value is -0.590. The molecule has 1 N–H and O–H groups in total. The molecule has 1 atom stereocenters. The van der Waals surface area contributed by atoms with E-state index in [1.807, 2.05) is 0 Å². The van der Waals surface area contributed by atoms with E-state index in [2.05, 4.69) is 16.3 Å². The van der Waals surface area contributed by atoms with Crippen molar-refractivity contribution in [1.29, 1.82) is 5.26 Å². The van der Waals surface area contributed by atoms with Crippen molar-refractivity contribution in [2.75, 3.05) is 26.2 Å². The van der Waals surface area contributed by atoms with Crippen LogP contribution in [0.15, 0.2) is 0 Å². The molecule has 3 nitrogen and oxygen atoms in total. The standard InChI is InChI=1S/C13H23N3/c14-7-8-15-13-6-9-16(11-13)10-12-4-2-1-3-5-12/h12-13,15H,1-6,8-11H2. The van der Waals surface area contributed by atoms with Crippen molar-refractivity contribution >= 4 is 0 Å². The molecule has 1 unspecified atom stereocenters. The topological polar surface area (TPSA) is 39.1 Å². The Morgan fingerprint density at radius 3 is 2.75 bits per heavy atom. The van der Waals surface area contributed by atoms with Crippen LogP contribution in [-0.2, 0) is 0 Å². The van der Waals surface area contributed by atoms with Crippen LogP contribution in [0.3, 0.4) is 0 Å². The van der Waals surface area contributed by atoms with Crippen LogP contribution in [-0.4, -0.2) is 37.1 Å². The smallest absolute Gasteiger partial charge is 0.0843 e. The van der Waals surface area contributed by atoms with Gasteiger partial charge in [-0.05, 0) is 31.7 Å². The minimum atomic E-state index is 0.502. The second kappa shape index (κ2) is 6.22. The molecule has 0 amide bonds. The van der Waals surface area contributed by atoms with E-state index >= 15 is 0 Å². The molecule has 2 rings (SSSR count). The molecule has 0 aromatic carbocycles. The Labute approximate surface area is 98.8 Å². The first kappa shape index (κ1) is 11.9. The normalized spacial score (nSPS) is 28.1. The van der Waals surface area contributed by atoms with Crippen molar-refractivity contribution in [2.24, 2.45) is 5.92 Å². The fourth-order valence-electron chi connectivity index (χ4n) is 3.09. The average molecular weight is 221 g/mol. The molecule has 2 fully saturated rings. The maximum Gasteiger partial charge on any atom is 0.0843 e. The first-order valence-electron chi connectivity index (χ1n) is 6.71. The van der Waals surface area contributed by atoms with Gasteiger partial charge in [0, 0.05) is 19.1 Å². The zero-order valence-electron chi connectivity index (χ0n) is 10.1. The van der Waals surface area contributed by atoms with Gasteiger partial charge in [-0.15, -0.1) is 0 Å². The monoisotopic (exact) mass is 221 g/mol. The highest BCUT2D eigenvalue weighted by atomic mass is 15.2. The molecule has 2 aliphatic rings. The molecular formula is C13H23N3. The summed E-state index contributed by atoms with van der Waals surface area (Å²) in [5, 5.41) is 11.8.